The third-order valence-electron chi connectivity index (χ3n) is 7.32. The van der Waals surface area contributed by atoms with Crippen LogP contribution < -0.4 is 5.46 Å². The summed E-state index contributed by atoms with van der Waals surface area (Å²) in [6, 6.07) is 33.8. The highest BCUT2D eigenvalue weighted by molar-refractivity contribution is 6.58. The number of para-hydroxylation sites is 2. The van der Waals surface area contributed by atoms with E-state index in [2.05, 4.69) is 19.9 Å². The number of ether oxygens (including phenoxy) is 1. The highest BCUT2D eigenvalue weighted by atomic mass is 35.5. The molecule has 9 nitrogen and oxygen atoms in total. The first kappa shape index (κ1) is 34.3. The van der Waals surface area contributed by atoms with Crippen LogP contribution in [0.2, 0.25) is 15.7 Å². The predicted octanol–water partition coefficient (Wildman–Crippen LogP) is 8.54. The standard InChI is InChI=1S/C16H9ClN2O.C10H4Cl2N2O.C6H7BO2.C4H8O/c17-16-18-13(10-6-2-1-3-7-10)15-14(19-16)11-8-4-5-9-12(11)20-15;11-9-8-7(13-10(12)14-9)5-3-1-2-4-6(5)15-8;8-7(9)6-4-2-1-3-5-6;1-2-4-5-3-1/h1-9H;1-4H;1-5,8-9H;1-4H2. The average molecular weight is 714 g/mol. The largest absolute Gasteiger partial charge is 0.488 e. The Morgan fingerprint density at radius 2 is 1.04 bits per heavy atom. The summed E-state index contributed by atoms with van der Waals surface area (Å²) in [5.74, 6) is 0. The number of hydrogen-bond donors (Lipinski definition) is 2. The average Bonchev–Trinajstić information content (AvgIpc) is 3.90. The molecule has 1 aliphatic rings. The summed E-state index contributed by atoms with van der Waals surface area (Å²) in [4.78, 5) is 16.6. The minimum Gasteiger partial charge on any atom is -0.452 e. The normalized spacial score (nSPS) is 12.2. The Bertz CT molecular complexity index is 2290. The quantitative estimate of drug-likeness (QED) is 0.103. The van der Waals surface area contributed by atoms with Crippen molar-refractivity contribution in [3.63, 3.8) is 0 Å². The van der Waals surface area contributed by atoms with Crippen molar-refractivity contribution in [3.8, 4) is 11.3 Å². The minimum atomic E-state index is -1.34. The molecule has 0 aliphatic carbocycles. The van der Waals surface area contributed by atoms with E-state index in [4.69, 9.17) is 58.4 Å². The highest BCUT2D eigenvalue weighted by Gasteiger charge is 2.16. The van der Waals surface area contributed by atoms with Gasteiger partial charge in [-0.2, -0.15) is 0 Å². The van der Waals surface area contributed by atoms with Crippen LogP contribution in [0.25, 0.3) is 55.4 Å². The number of rotatable bonds is 2. The Morgan fingerprint density at radius 1 is 0.551 bits per heavy atom. The number of fused-ring (bicyclic) bond motifs is 6. The molecule has 9 rings (SSSR count). The molecule has 0 amide bonds. The molecule has 5 heterocycles. The molecule has 0 unspecified atom stereocenters. The van der Waals surface area contributed by atoms with Gasteiger partial charge < -0.3 is 23.6 Å². The van der Waals surface area contributed by atoms with Gasteiger partial charge in [0, 0.05) is 29.5 Å². The fourth-order valence-electron chi connectivity index (χ4n) is 5.02. The highest BCUT2D eigenvalue weighted by Crippen LogP contribution is 2.34. The molecule has 2 N–H and O–H groups in total. The lowest BCUT2D eigenvalue weighted by molar-refractivity contribution is 0.198. The van der Waals surface area contributed by atoms with Gasteiger partial charge in [-0.1, -0.05) is 96.5 Å². The topological polar surface area (TPSA) is 128 Å². The van der Waals surface area contributed by atoms with Crippen LogP contribution in [-0.2, 0) is 4.74 Å². The number of furan rings is 2. The molecule has 49 heavy (non-hydrogen) atoms. The van der Waals surface area contributed by atoms with E-state index in [0.717, 1.165) is 51.9 Å². The smallest absolute Gasteiger partial charge is 0.452 e. The number of aromatic nitrogens is 4. The lowest BCUT2D eigenvalue weighted by atomic mass is 9.81. The Labute approximate surface area is 296 Å². The number of benzene rings is 4. The van der Waals surface area contributed by atoms with Crippen molar-refractivity contribution >= 4 is 91.5 Å². The lowest BCUT2D eigenvalue weighted by Gasteiger charge is -2.01. The second-order valence-corrected chi connectivity index (χ2v) is 11.7. The molecular formula is C36H28BCl3N4O5. The SMILES string of the molecule is C1CCOC1.Clc1nc(-c2ccccc2)c2oc3ccccc3c2n1.Clc1nc(Cl)c2oc3ccccc3c2n1.OB(O)c1ccccc1. The fraction of sp³-hybridized carbons (Fsp3) is 0.111. The third-order valence-corrected chi connectivity index (χ3v) is 7.91. The molecule has 0 spiro atoms. The third kappa shape index (κ3) is 8.37. The maximum absolute atomic E-state index is 8.58. The summed E-state index contributed by atoms with van der Waals surface area (Å²) < 4.78 is 16.4. The van der Waals surface area contributed by atoms with E-state index in [-0.39, 0.29) is 15.7 Å². The molecule has 1 fully saturated rings. The van der Waals surface area contributed by atoms with Gasteiger partial charge in [0.1, 0.15) is 27.9 Å². The van der Waals surface area contributed by atoms with Crippen LogP contribution in [0.5, 0.6) is 0 Å². The van der Waals surface area contributed by atoms with Crippen LogP contribution in [0.3, 0.4) is 0 Å². The van der Waals surface area contributed by atoms with Gasteiger partial charge in [0.15, 0.2) is 16.3 Å². The molecular weight excluding hydrogens is 686 g/mol. The number of hydrogen-bond acceptors (Lipinski definition) is 9. The zero-order valence-electron chi connectivity index (χ0n) is 25.8. The summed E-state index contributed by atoms with van der Waals surface area (Å²) in [7, 11) is -1.34. The first-order valence-corrected chi connectivity index (χ1v) is 16.4. The molecule has 0 saturated carbocycles. The molecule has 0 bridgehead atoms. The molecule has 4 aromatic carbocycles. The Kier molecular flexibility index (Phi) is 11.4. The van der Waals surface area contributed by atoms with Crippen LogP contribution >= 0.6 is 34.8 Å². The maximum Gasteiger partial charge on any atom is 0.488 e. The molecule has 4 aromatic heterocycles. The van der Waals surface area contributed by atoms with Gasteiger partial charge in [0.2, 0.25) is 10.6 Å². The van der Waals surface area contributed by atoms with Gasteiger partial charge in [-0.15, -0.1) is 0 Å². The second kappa shape index (κ2) is 16.2. The lowest BCUT2D eigenvalue weighted by Crippen LogP contribution is -2.29. The van der Waals surface area contributed by atoms with E-state index in [9.17, 15) is 0 Å². The van der Waals surface area contributed by atoms with Gasteiger partial charge in [-0.25, -0.2) is 19.9 Å². The summed E-state index contributed by atoms with van der Waals surface area (Å²) in [6.45, 7) is 2.00. The summed E-state index contributed by atoms with van der Waals surface area (Å²) >= 11 is 17.7. The van der Waals surface area contributed by atoms with Crippen molar-refractivity contribution in [3.05, 3.63) is 125 Å². The van der Waals surface area contributed by atoms with Gasteiger partial charge in [0.25, 0.3) is 0 Å². The zero-order chi connectivity index (χ0) is 34.2. The fourth-order valence-corrected chi connectivity index (χ4v) is 5.61. The van der Waals surface area contributed by atoms with E-state index in [1.54, 1.807) is 24.3 Å². The first-order valence-electron chi connectivity index (χ1n) is 15.3. The minimum absolute atomic E-state index is 0.124. The van der Waals surface area contributed by atoms with Crippen LogP contribution in [0.15, 0.2) is 118 Å². The van der Waals surface area contributed by atoms with Crippen molar-refractivity contribution in [2.45, 2.75) is 12.8 Å². The molecule has 246 valence electrons. The summed E-state index contributed by atoms with van der Waals surface area (Å²) in [5, 5.41) is 19.6. The maximum atomic E-state index is 8.58. The summed E-state index contributed by atoms with van der Waals surface area (Å²) in [5.41, 5.74) is 6.26. The Morgan fingerprint density at radius 3 is 1.57 bits per heavy atom. The van der Waals surface area contributed by atoms with Gasteiger partial charge in [0.05, 0.1) is 0 Å². The molecule has 0 radical (unpaired) electrons. The van der Waals surface area contributed by atoms with Gasteiger partial charge >= 0.3 is 7.12 Å². The number of nitrogens with zero attached hydrogens (tertiary/aromatic N) is 4. The molecule has 0 atom stereocenters. The molecule has 1 saturated heterocycles. The van der Waals surface area contributed by atoms with E-state index in [1.807, 2.05) is 84.9 Å². The van der Waals surface area contributed by atoms with Crippen LogP contribution in [0.4, 0.5) is 0 Å². The van der Waals surface area contributed by atoms with E-state index in [0.29, 0.717) is 22.1 Å². The number of halogens is 3. The Balaban J connectivity index is 0.000000126. The van der Waals surface area contributed by atoms with Crippen molar-refractivity contribution < 1.29 is 23.6 Å². The van der Waals surface area contributed by atoms with Crippen molar-refractivity contribution in [1.29, 1.82) is 0 Å². The molecule has 1 aliphatic heterocycles. The van der Waals surface area contributed by atoms with Gasteiger partial charge in [-0.3, -0.25) is 0 Å². The first-order chi connectivity index (χ1) is 23.9. The van der Waals surface area contributed by atoms with E-state index < -0.39 is 7.12 Å². The van der Waals surface area contributed by atoms with Crippen LogP contribution in [0.1, 0.15) is 12.8 Å². The second-order valence-electron chi connectivity index (χ2n) is 10.6. The predicted molar refractivity (Wildman–Crippen MR) is 195 cm³/mol. The van der Waals surface area contributed by atoms with E-state index >= 15 is 0 Å². The van der Waals surface area contributed by atoms with E-state index in [1.165, 1.54) is 12.8 Å². The Hall–Kier alpha value is -4.55. The van der Waals surface area contributed by atoms with Crippen LogP contribution in [-0.4, -0.2) is 50.3 Å². The van der Waals surface area contributed by atoms with Crippen molar-refractivity contribution in [1.82, 2.24) is 19.9 Å². The zero-order valence-corrected chi connectivity index (χ0v) is 28.1. The summed E-state index contributed by atoms with van der Waals surface area (Å²) in [6.07, 6.45) is 2.56. The molecule has 8 aromatic rings. The molecule has 13 heteroatoms. The van der Waals surface area contributed by atoms with Gasteiger partial charge in [-0.05, 0) is 65.8 Å². The van der Waals surface area contributed by atoms with Crippen molar-refractivity contribution in [2.24, 2.45) is 0 Å². The van der Waals surface area contributed by atoms with Crippen LogP contribution in [0, 0.1) is 0 Å². The monoisotopic (exact) mass is 712 g/mol. The van der Waals surface area contributed by atoms with Crippen molar-refractivity contribution in [2.75, 3.05) is 13.2 Å².